The number of aromatic nitrogens is 4. The number of ether oxygens (including phenoxy) is 1. The number of benzene rings is 2. The first-order valence-corrected chi connectivity index (χ1v) is 9.71. The summed E-state index contributed by atoms with van der Waals surface area (Å²) in [4.78, 5) is 12.8. The molecule has 0 radical (unpaired) electrons. The molecule has 148 valence electrons. The van der Waals surface area contributed by atoms with Crippen LogP contribution in [0.25, 0.3) is 16.3 Å². The van der Waals surface area contributed by atoms with Gasteiger partial charge in [-0.25, -0.2) is 4.39 Å². The van der Waals surface area contributed by atoms with Crippen molar-refractivity contribution in [2.75, 3.05) is 11.9 Å². The molecule has 0 unspecified atom stereocenters. The lowest BCUT2D eigenvalue weighted by Crippen LogP contribution is -2.20. The van der Waals surface area contributed by atoms with Crippen LogP contribution in [0.4, 0.5) is 9.52 Å². The molecule has 1 amide bonds. The summed E-state index contributed by atoms with van der Waals surface area (Å²) < 4.78 is 21.0. The number of nitrogens with zero attached hydrogens (tertiary/aromatic N) is 4. The lowest BCUT2D eigenvalue weighted by molar-refractivity contribution is -0.118. The number of anilines is 1. The molecule has 0 fully saturated rings. The van der Waals surface area contributed by atoms with Crippen LogP contribution in [0.5, 0.6) is 5.75 Å². The monoisotopic (exact) mass is 411 g/mol. The summed E-state index contributed by atoms with van der Waals surface area (Å²) in [5, 5.41) is 15.5. The van der Waals surface area contributed by atoms with Gasteiger partial charge < -0.3 is 4.74 Å². The van der Waals surface area contributed by atoms with Gasteiger partial charge in [-0.2, -0.15) is 4.52 Å². The number of nitrogens with one attached hydrogen (secondary N) is 1. The van der Waals surface area contributed by atoms with Crippen molar-refractivity contribution >= 4 is 27.3 Å². The minimum absolute atomic E-state index is 0.137. The Morgan fingerprint density at radius 2 is 1.90 bits per heavy atom. The second-order valence-electron chi connectivity index (χ2n) is 6.65. The van der Waals surface area contributed by atoms with E-state index in [4.69, 9.17) is 4.74 Å². The zero-order chi connectivity index (χ0) is 20.5. The number of aryl methyl sites for hydroxylation is 3. The fourth-order valence-corrected chi connectivity index (χ4v) is 3.66. The highest BCUT2D eigenvalue weighted by molar-refractivity contribution is 7.20. The Kier molecular flexibility index (Phi) is 4.98. The molecule has 0 spiro atoms. The molecule has 2 aromatic carbocycles. The molecule has 9 heteroatoms. The molecule has 0 aliphatic heterocycles. The van der Waals surface area contributed by atoms with Gasteiger partial charge in [0.15, 0.2) is 12.4 Å². The maximum atomic E-state index is 13.9. The summed E-state index contributed by atoms with van der Waals surface area (Å²) >= 11 is 1.17. The van der Waals surface area contributed by atoms with Crippen LogP contribution in [0.1, 0.15) is 16.7 Å². The van der Waals surface area contributed by atoms with E-state index in [9.17, 15) is 9.18 Å². The third-order valence-electron chi connectivity index (χ3n) is 4.42. The molecule has 0 saturated carbocycles. The molecule has 0 aliphatic rings. The molecule has 0 bridgehead atoms. The fourth-order valence-electron chi connectivity index (χ4n) is 2.90. The first-order chi connectivity index (χ1) is 13.9. The Morgan fingerprint density at radius 3 is 2.62 bits per heavy atom. The van der Waals surface area contributed by atoms with E-state index in [1.807, 2.05) is 32.0 Å². The van der Waals surface area contributed by atoms with Crippen molar-refractivity contribution in [2.45, 2.75) is 20.8 Å². The number of carbonyl (C=O) groups excluding carboxylic acids is 1. The van der Waals surface area contributed by atoms with Crippen LogP contribution in [0.3, 0.4) is 0 Å². The van der Waals surface area contributed by atoms with Crippen LogP contribution in [-0.2, 0) is 4.79 Å². The van der Waals surface area contributed by atoms with E-state index in [1.165, 1.54) is 21.9 Å². The Balaban J connectivity index is 1.49. The van der Waals surface area contributed by atoms with Gasteiger partial charge in [0, 0.05) is 5.56 Å². The lowest BCUT2D eigenvalue weighted by atomic mass is 10.1. The second-order valence-corrected chi connectivity index (χ2v) is 7.60. The molecule has 2 aromatic heterocycles. The van der Waals surface area contributed by atoms with Gasteiger partial charge in [-0.3, -0.25) is 10.1 Å². The number of hydrogen-bond donors (Lipinski definition) is 1. The third kappa shape index (κ3) is 3.81. The number of fused-ring (bicyclic) bond motifs is 1. The van der Waals surface area contributed by atoms with E-state index < -0.39 is 0 Å². The van der Waals surface area contributed by atoms with Gasteiger partial charge in [-0.05, 0) is 43.5 Å². The van der Waals surface area contributed by atoms with Gasteiger partial charge in [0.1, 0.15) is 11.6 Å². The highest BCUT2D eigenvalue weighted by Gasteiger charge is 2.16. The van der Waals surface area contributed by atoms with Crippen LogP contribution in [0.2, 0.25) is 0 Å². The summed E-state index contributed by atoms with van der Waals surface area (Å²) in [5.41, 5.74) is 3.03. The van der Waals surface area contributed by atoms with Crippen LogP contribution in [-0.4, -0.2) is 32.3 Å². The highest BCUT2D eigenvalue weighted by atomic mass is 32.1. The quantitative estimate of drug-likeness (QED) is 0.538. The largest absolute Gasteiger partial charge is 0.483 e. The molecule has 0 aliphatic carbocycles. The third-order valence-corrected chi connectivity index (χ3v) is 5.24. The smallest absolute Gasteiger partial charge is 0.264 e. The topological polar surface area (TPSA) is 81.4 Å². The van der Waals surface area contributed by atoms with E-state index in [0.29, 0.717) is 32.8 Å². The Hall–Kier alpha value is -3.33. The van der Waals surface area contributed by atoms with Crippen molar-refractivity contribution in [1.29, 1.82) is 0 Å². The fraction of sp³-hybridized carbons (Fsp3) is 0.200. The maximum absolute atomic E-state index is 13.9. The molecule has 4 rings (SSSR count). The molecule has 0 saturated heterocycles. The summed E-state index contributed by atoms with van der Waals surface area (Å²) in [6.45, 7) is 5.41. The summed E-state index contributed by atoms with van der Waals surface area (Å²) in [6, 6.07) is 10.6. The van der Waals surface area contributed by atoms with Crippen LogP contribution in [0, 0.1) is 26.6 Å². The first kappa shape index (κ1) is 19.0. The summed E-state index contributed by atoms with van der Waals surface area (Å²) in [6.07, 6.45) is 0. The molecular formula is C20H18FN5O2S. The number of amides is 1. The second kappa shape index (κ2) is 7.59. The predicted octanol–water partition coefficient (Wildman–Crippen LogP) is 3.93. The van der Waals surface area contributed by atoms with Crippen molar-refractivity contribution in [3.05, 3.63) is 58.9 Å². The zero-order valence-electron chi connectivity index (χ0n) is 16.1. The van der Waals surface area contributed by atoms with Crippen molar-refractivity contribution in [3.8, 4) is 17.1 Å². The number of hydrogen-bond acceptors (Lipinski definition) is 6. The molecule has 29 heavy (non-hydrogen) atoms. The molecule has 2 heterocycles. The van der Waals surface area contributed by atoms with Gasteiger partial charge in [0.05, 0.1) is 0 Å². The van der Waals surface area contributed by atoms with E-state index in [-0.39, 0.29) is 18.3 Å². The summed E-state index contributed by atoms with van der Waals surface area (Å²) in [5.74, 6) is 0.444. The van der Waals surface area contributed by atoms with Gasteiger partial charge >= 0.3 is 0 Å². The molecule has 1 N–H and O–H groups in total. The maximum Gasteiger partial charge on any atom is 0.264 e. The Labute approximate surface area is 170 Å². The van der Waals surface area contributed by atoms with Crippen molar-refractivity contribution < 1.29 is 13.9 Å². The van der Waals surface area contributed by atoms with E-state index in [0.717, 1.165) is 11.1 Å². The molecule has 0 atom stereocenters. The van der Waals surface area contributed by atoms with E-state index >= 15 is 0 Å². The first-order valence-electron chi connectivity index (χ1n) is 8.90. The predicted molar refractivity (Wildman–Crippen MR) is 109 cm³/mol. The number of para-hydroxylation sites is 1. The molecule has 4 aromatic rings. The van der Waals surface area contributed by atoms with Gasteiger partial charge in [-0.1, -0.05) is 41.7 Å². The standard InChI is InChI=1S/C20H18FN5O2S/c1-11-7-8-14(9-15(11)21)18-23-24-20-26(18)25-19(29-20)22-16(27)10-28-17-12(2)5-4-6-13(17)3/h4-9H,10H2,1-3H3,(H,22,25,27). The SMILES string of the molecule is Cc1ccc(-c2nnc3sc(NC(=O)COc4c(C)cccc4C)nn23)cc1F. The molecular weight excluding hydrogens is 393 g/mol. The average Bonchev–Trinajstić information content (AvgIpc) is 3.23. The Morgan fingerprint density at radius 1 is 1.14 bits per heavy atom. The van der Waals surface area contributed by atoms with Gasteiger partial charge in [0.25, 0.3) is 5.91 Å². The van der Waals surface area contributed by atoms with Crippen molar-refractivity contribution in [2.24, 2.45) is 0 Å². The lowest BCUT2D eigenvalue weighted by Gasteiger charge is -2.11. The molecule has 7 nitrogen and oxygen atoms in total. The zero-order valence-corrected chi connectivity index (χ0v) is 16.9. The van der Waals surface area contributed by atoms with Crippen molar-refractivity contribution in [3.63, 3.8) is 0 Å². The minimum atomic E-state index is -0.333. The van der Waals surface area contributed by atoms with E-state index in [2.05, 4.69) is 20.6 Å². The van der Waals surface area contributed by atoms with Crippen LogP contribution >= 0.6 is 11.3 Å². The van der Waals surface area contributed by atoms with E-state index in [1.54, 1.807) is 19.1 Å². The number of halogens is 1. The van der Waals surface area contributed by atoms with Gasteiger partial charge in [0.2, 0.25) is 10.1 Å². The van der Waals surface area contributed by atoms with Gasteiger partial charge in [-0.15, -0.1) is 15.3 Å². The average molecular weight is 411 g/mol. The highest BCUT2D eigenvalue weighted by Crippen LogP contribution is 2.26. The minimum Gasteiger partial charge on any atom is -0.483 e. The number of carbonyl (C=O) groups is 1. The normalized spacial score (nSPS) is 11.0. The van der Waals surface area contributed by atoms with Crippen LogP contribution in [0.15, 0.2) is 36.4 Å². The summed E-state index contributed by atoms with van der Waals surface area (Å²) in [7, 11) is 0. The Bertz CT molecular complexity index is 1200. The van der Waals surface area contributed by atoms with Crippen LogP contribution < -0.4 is 10.1 Å². The van der Waals surface area contributed by atoms with Crippen molar-refractivity contribution in [1.82, 2.24) is 19.8 Å². The number of rotatable bonds is 5.